The van der Waals surface area contributed by atoms with Crippen LogP contribution in [0.3, 0.4) is 0 Å². The van der Waals surface area contributed by atoms with Gasteiger partial charge in [0.05, 0.1) is 4.60 Å². The first-order valence-electron chi connectivity index (χ1n) is 7.20. The molecule has 0 spiro atoms. The summed E-state index contributed by atoms with van der Waals surface area (Å²) in [5.74, 6) is 0.875. The summed E-state index contributed by atoms with van der Waals surface area (Å²) in [6.45, 7) is 6.18. The highest BCUT2D eigenvalue weighted by Gasteiger charge is 2.19. The fourth-order valence-corrected chi connectivity index (χ4v) is 2.57. The maximum atomic E-state index is 11.9. The van der Waals surface area contributed by atoms with Crippen LogP contribution in [0.2, 0.25) is 0 Å². The van der Waals surface area contributed by atoms with E-state index in [4.69, 9.17) is 4.74 Å². The van der Waals surface area contributed by atoms with E-state index in [-0.39, 0.29) is 6.09 Å². The molecule has 6 nitrogen and oxygen atoms in total. The van der Waals surface area contributed by atoms with E-state index in [0.29, 0.717) is 6.54 Å². The zero-order valence-corrected chi connectivity index (χ0v) is 14.9. The molecule has 2 aromatic heterocycles. The van der Waals surface area contributed by atoms with E-state index in [1.54, 1.807) is 11.9 Å². The first kappa shape index (κ1) is 16.7. The van der Waals surface area contributed by atoms with Crippen LogP contribution in [0.1, 0.15) is 33.0 Å². The van der Waals surface area contributed by atoms with Gasteiger partial charge in [0, 0.05) is 20.0 Å². The molecule has 0 fully saturated rings. The number of carbonyl (C=O) groups excluding carboxylic acids is 1. The van der Waals surface area contributed by atoms with Crippen molar-refractivity contribution in [2.75, 3.05) is 13.6 Å². The molecular weight excluding hydrogens is 348 g/mol. The molecule has 22 heavy (non-hydrogen) atoms. The molecule has 1 amide bonds. The predicted octanol–water partition coefficient (Wildman–Crippen LogP) is 3.29. The van der Waals surface area contributed by atoms with Gasteiger partial charge in [0.15, 0.2) is 5.65 Å². The quantitative estimate of drug-likeness (QED) is 0.776. The van der Waals surface area contributed by atoms with Gasteiger partial charge in [0.2, 0.25) is 0 Å². The number of aryl methyl sites for hydroxylation is 1. The SMILES string of the molecule is CN(CCCc1nnc2cccc(Br)n12)C(=O)OC(C)(C)C. The molecule has 7 heteroatoms. The first-order valence-corrected chi connectivity index (χ1v) is 8.00. The van der Waals surface area contributed by atoms with Gasteiger partial charge in [-0.3, -0.25) is 4.40 Å². The standard InChI is InChI=1S/C15H21BrN4O2/c1-15(2,3)22-14(21)19(4)10-6-9-13-18-17-12-8-5-7-11(16)20(12)13/h5,7-8H,6,9-10H2,1-4H3. The van der Waals surface area contributed by atoms with Crippen molar-refractivity contribution >= 4 is 27.7 Å². The van der Waals surface area contributed by atoms with Gasteiger partial charge >= 0.3 is 6.09 Å². The number of amides is 1. The number of carbonyl (C=O) groups is 1. The molecule has 0 N–H and O–H groups in total. The Morgan fingerprint density at radius 1 is 1.36 bits per heavy atom. The minimum atomic E-state index is -0.473. The summed E-state index contributed by atoms with van der Waals surface area (Å²) in [6.07, 6.45) is 1.22. The number of aromatic nitrogens is 3. The van der Waals surface area contributed by atoms with Crippen LogP contribution in [0.25, 0.3) is 5.65 Å². The normalized spacial score (nSPS) is 11.7. The van der Waals surface area contributed by atoms with Crippen LogP contribution in [0.15, 0.2) is 22.8 Å². The minimum absolute atomic E-state index is 0.306. The zero-order chi connectivity index (χ0) is 16.3. The highest BCUT2D eigenvalue weighted by atomic mass is 79.9. The van der Waals surface area contributed by atoms with Gasteiger partial charge in [-0.15, -0.1) is 10.2 Å². The molecular formula is C15H21BrN4O2. The average molecular weight is 369 g/mol. The van der Waals surface area contributed by atoms with Gasteiger partial charge in [-0.25, -0.2) is 4.79 Å². The van der Waals surface area contributed by atoms with Crippen LogP contribution in [0.5, 0.6) is 0 Å². The summed E-state index contributed by atoms with van der Waals surface area (Å²) in [6, 6.07) is 5.79. The Labute approximate surface area is 138 Å². The van der Waals surface area contributed by atoms with Crippen molar-refractivity contribution in [1.29, 1.82) is 0 Å². The molecule has 0 aliphatic carbocycles. The summed E-state index contributed by atoms with van der Waals surface area (Å²) in [5.41, 5.74) is 0.337. The Morgan fingerprint density at radius 3 is 2.77 bits per heavy atom. The molecule has 0 aliphatic rings. The third-order valence-corrected chi connectivity index (χ3v) is 3.67. The Hall–Kier alpha value is -1.63. The van der Waals surface area contributed by atoms with Gasteiger partial charge < -0.3 is 9.64 Å². The summed E-state index contributed by atoms with van der Waals surface area (Å²) in [4.78, 5) is 13.5. The Kier molecular flexibility index (Phi) is 5.05. The van der Waals surface area contributed by atoms with Crippen LogP contribution in [-0.4, -0.2) is 44.8 Å². The topological polar surface area (TPSA) is 59.7 Å². The van der Waals surface area contributed by atoms with E-state index in [2.05, 4.69) is 26.1 Å². The molecule has 0 aromatic carbocycles. The molecule has 2 rings (SSSR count). The third-order valence-electron chi connectivity index (χ3n) is 3.05. The monoisotopic (exact) mass is 368 g/mol. The lowest BCUT2D eigenvalue weighted by Gasteiger charge is -2.24. The molecule has 2 heterocycles. The molecule has 0 bridgehead atoms. The predicted molar refractivity (Wildman–Crippen MR) is 87.9 cm³/mol. The Bertz CT molecular complexity index is 663. The lowest BCUT2D eigenvalue weighted by Crippen LogP contribution is -2.34. The van der Waals surface area contributed by atoms with Crippen molar-refractivity contribution in [1.82, 2.24) is 19.5 Å². The van der Waals surface area contributed by atoms with E-state index in [1.165, 1.54) is 0 Å². The van der Waals surface area contributed by atoms with E-state index in [0.717, 1.165) is 28.9 Å². The van der Waals surface area contributed by atoms with Crippen LogP contribution >= 0.6 is 15.9 Å². The van der Waals surface area contributed by atoms with Gasteiger partial charge in [0.25, 0.3) is 0 Å². The zero-order valence-electron chi connectivity index (χ0n) is 13.3. The van der Waals surface area contributed by atoms with E-state index in [1.807, 2.05) is 43.4 Å². The molecule has 120 valence electrons. The van der Waals surface area contributed by atoms with Crippen molar-refractivity contribution in [3.05, 3.63) is 28.6 Å². The number of fused-ring (bicyclic) bond motifs is 1. The van der Waals surface area contributed by atoms with Gasteiger partial charge in [-0.2, -0.15) is 0 Å². The van der Waals surface area contributed by atoms with Crippen LogP contribution in [0, 0.1) is 0 Å². The summed E-state index contributed by atoms with van der Waals surface area (Å²) >= 11 is 3.50. The molecule has 0 saturated heterocycles. The smallest absolute Gasteiger partial charge is 0.410 e. The van der Waals surface area contributed by atoms with Crippen molar-refractivity contribution < 1.29 is 9.53 Å². The van der Waals surface area contributed by atoms with E-state index < -0.39 is 5.60 Å². The number of ether oxygens (including phenoxy) is 1. The average Bonchev–Trinajstić information content (AvgIpc) is 2.81. The van der Waals surface area contributed by atoms with Crippen molar-refractivity contribution in [3.63, 3.8) is 0 Å². The lowest BCUT2D eigenvalue weighted by atomic mass is 10.2. The van der Waals surface area contributed by atoms with Crippen molar-refractivity contribution in [2.24, 2.45) is 0 Å². The number of halogens is 1. The van der Waals surface area contributed by atoms with Gasteiger partial charge in [-0.05, 0) is 55.3 Å². The Morgan fingerprint density at radius 2 is 2.09 bits per heavy atom. The Balaban J connectivity index is 1.92. The number of hydrogen-bond acceptors (Lipinski definition) is 4. The fourth-order valence-electron chi connectivity index (χ4n) is 2.03. The molecule has 0 radical (unpaired) electrons. The van der Waals surface area contributed by atoms with Crippen molar-refractivity contribution in [2.45, 2.75) is 39.2 Å². The second kappa shape index (κ2) is 6.64. The highest BCUT2D eigenvalue weighted by molar-refractivity contribution is 9.10. The number of rotatable bonds is 4. The largest absolute Gasteiger partial charge is 0.444 e. The third kappa shape index (κ3) is 4.19. The summed E-state index contributed by atoms with van der Waals surface area (Å²) in [7, 11) is 1.74. The van der Waals surface area contributed by atoms with Gasteiger partial charge in [-0.1, -0.05) is 6.07 Å². The maximum Gasteiger partial charge on any atom is 0.410 e. The molecule has 0 aliphatic heterocycles. The second-order valence-corrected chi connectivity index (χ2v) is 6.98. The second-order valence-electron chi connectivity index (χ2n) is 6.16. The first-order chi connectivity index (χ1) is 10.3. The maximum absolute atomic E-state index is 11.9. The highest BCUT2D eigenvalue weighted by Crippen LogP contribution is 2.15. The molecule has 0 saturated carbocycles. The van der Waals surface area contributed by atoms with E-state index >= 15 is 0 Å². The lowest BCUT2D eigenvalue weighted by molar-refractivity contribution is 0.0297. The van der Waals surface area contributed by atoms with Crippen molar-refractivity contribution in [3.8, 4) is 0 Å². The van der Waals surface area contributed by atoms with E-state index in [9.17, 15) is 4.79 Å². The van der Waals surface area contributed by atoms with Crippen LogP contribution < -0.4 is 0 Å². The number of pyridine rings is 1. The fraction of sp³-hybridized carbons (Fsp3) is 0.533. The summed E-state index contributed by atoms with van der Waals surface area (Å²) in [5, 5.41) is 8.34. The number of nitrogens with zero attached hydrogens (tertiary/aromatic N) is 4. The van der Waals surface area contributed by atoms with Gasteiger partial charge in [0.1, 0.15) is 11.4 Å². The number of hydrogen-bond donors (Lipinski definition) is 0. The van der Waals surface area contributed by atoms with Crippen LogP contribution in [-0.2, 0) is 11.2 Å². The van der Waals surface area contributed by atoms with Crippen LogP contribution in [0.4, 0.5) is 4.79 Å². The molecule has 0 atom stereocenters. The molecule has 0 unspecified atom stereocenters. The summed E-state index contributed by atoms with van der Waals surface area (Å²) < 4.78 is 8.21. The molecule has 2 aromatic rings. The minimum Gasteiger partial charge on any atom is -0.444 e.